The molecule has 0 bridgehead atoms. The van der Waals surface area contributed by atoms with Gasteiger partial charge in [0.05, 0.1) is 12.8 Å². The van der Waals surface area contributed by atoms with Gasteiger partial charge in [-0.15, -0.1) is 11.3 Å². The fourth-order valence-electron chi connectivity index (χ4n) is 2.18. The Morgan fingerprint density at radius 3 is 2.67 bits per heavy atom. The minimum atomic E-state index is -3.12. The maximum absolute atomic E-state index is 11.8. The topological polar surface area (TPSA) is 78.5 Å². The molecule has 2 amide bonds. The van der Waals surface area contributed by atoms with Gasteiger partial charge in [-0.2, -0.15) is 0 Å². The summed E-state index contributed by atoms with van der Waals surface area (Å²) in [7, 11) is -3.12. The summed E-state index contributed by atoms with van der Waals surface area (Å²) in [6.45, 7) is 1.41. The Morgan fingerprint density at radius 1 is 1.48 bits per heavy atom. The average molecular weight is 396 g/mol. The van der Waals surface area contributed by atoms with Crippen molar-refractivity contribution < 1.29 is 13.2 Å². The summed E-state index contributed by atoms with van der Waals surface area (Å²) in [5.74, 6) is 0. The molecule has 1 aromatic heterocycles. The number of thiophene rings is 1. The molecular formula is C12H18BrN3O3S2. The summed E-state index contributed by atoms with van der Waals surface area (Å²) >= 11 is 4.95. The van der Waals surface area contributed by atoms with Crippen LogP contribution in [0.4, 0.5) is 4.79 Å². The van der Waals surface area contributed by atoms with Crippen molar-refractivity contribution in [3.8, 4) is 0 Å². The van der Waals surface area contributed by atoms with Gasteiger partial charge in [0, 0.05) is 33.9 Å². The van der Waals surface area contributed by atoms with Crippen molar-refractivity contribution in [3.05, 3.63) is 20.8 Å². The summed E-state index contributed by atoms with van der Waals surface area (Å²) in [6, 6.07) is 1.78. The first-order valence-electron chi connectivity index (χ1n) is 6.57. The Morgan fingerprint density at radius 2 is 2.14 bits per heavy atom. The summed E-state index contributed by atoms with van der Waals surface area (Å²) in [5, 5.41) is 7.67. The zero-order chi connectivity index (χ0) is 15.5. The largest absolute Gasteiger partial charge is 0.335 e. The molecule has 0 atom stereocenters. The van der Waals surface area contributed by atoms with Crippen molar-refractivity contribution in [1.82, 2.24) is 14.9 Å². The van der Waals surface area contributed by atoms with E-state index in [0.717, 1.165) is 9.35 Å². The number of nitrogens with one attached hydrogen (secondary N) is 2. The number of hydrogen-bond donors (Lipinski definition) is 2. The predicted molar refractivity (Wildman–Crippen MR) is 86.8 cm³/mol. The minimum Gasteiger partial charge on any atom is -0.335 e. The molecule has 2 heterocycles. The van der Waals surface area contributed by atoms with Crippen molar-refractivity contribution in [1.29, 1.82) is 0 Å². The van der Waals surface area contributed by atoms with Crippen molar-refractivity contribution in [2.24, 2.45) is 0 Å². The highest BCUT2D eigenvalue weighted by atomic mass is 79.9. The Bertz CT molecular complexity index is 595. The lowest BCUT2D eigenvalue weighted by atomic mass is 10.1. The van der Waals surface area contributed by atoms with Crippen molar-refractivity contribution >= 4 is 43.3 Å². The highest BCUT2D eigenvalue weighted by molar-refractivity contribution is 9.10. The Balaban J connectivity index is 1.72. The quantitative estimate of drug-likeness (QED) is 0.814. The number of halogens is 1. The zero-order valence-electron chi connectivity index (χ0n) is 11.6. The molecule has 0 aliphatic carbocycles. The van der Waals surface area contributed by atoms with Gasteiger partial charge in [0.1, 0.15) is 0 Å². The number of rotatable bonds is 4. The molecule has 118 valence electrons. The monoisotopic (exact) mass is 395 g/mol. The molecule has 9 heteroatoms. The smallest absolute Gasteiger partial charge is 0.315 e. The molecule has 0 spiro atoms. The minimum absolute atomic E-state index is 0.0260. The highest BCUT2D eigenvalue weighted by Gasteiger charge is 2.25. The summed E-state index contributed by atoms with van der Waals surface area (Å²) < 4.78 is 25.3. The van der Waals surface area contributed by atoms with Crippen LogP contribution >= 0.6 is 27.3 Å². The van der Waals surface area contributed by atoms with Crippen LogP contribution in [0.2, 0.25) is 0 Å². The summed E-state index contributed by atoms with van der Waals surface area (Å²) in [4.78, 5) is 12.9. The first kappa shape index (κ1) is 16.7. The summed E-state index contributed by atoms with van der Waals surface area (Å²) in [5.41, 5.74) is 0. The molecule has 1 aromatic rings. The lowest BCUT2D eigenvalue weighted by Crippen LogP contribution is -2.48. The van der Waals surface area contributed by atoms with E-state index in [0.29, 0.717) is 32.5 Å². The number of nitrogens with zero attached hydrogens (tertiary/aromatic N) is 1. The number of piperidine rings is 1. The fraction of sp³-hybridized carbons (Fsp3) is 0.583. The molecule has 0 aromatic carbocycles. The van der Waals surface area contributed by atoms with Crippen molar-refractivity contribution in [2.75, 3.05) is 19.3 Å². The second-order valence-electron chi connectivity index (χ2n) is 4.99. The molecular weight excluding hydrogens is 378 g/mol. The molecule has 0 radical (unpaired) electrons. The van der Waals surface area contributed by atoms with Crippen molar-refractivity contribution in [2.45, 2.75) is 25.4 Å². The molecule has 6 nitrogen and oxygen atoms in total. The van der Waals surface area contributed by atoms with Crippen LogP contribution in [0.15, 0.2) is 15.9 Å². The van der Waals surface area contributed by atoms with Crippen LogP contribution in [-0.2, 0) is 16.6 Å². The van der Waals surface area contributed by atoms with E-state index in [9.17, 15) is 13.2 Å². The van der Waals surface area contributed by atoms with Gasteiger partial charge in [-0.25, -0.2) is 17.5 Å². The molecule has 1 aliphatic heterocycles. The van der Waals surface area contributed by atoms with E-state index in [4.69, 9.17) is 0 Å². The first-order chi connectivity index (χ1) is 9.84. The van der Waals surface area contributed by atoms with Crippen LogP contribution in [0.5, 0.6) is 0 Å². The number of carbonyl (C=O) groups is 1. The Hall–Kier alpha value is -0.640. The zero-order valence-corrected chi connectivity index (χ0v) is 14.9. The lowest BCUT2D eigenvalue weighted by molar-refractivity contribution is 0.227. The second-order valence-corrected chi connectivity index (χ2v) is 8.89. The first-order valence-corrected chi connectivity index (χ1v) is 10.1. The Labute approximate surface area is 137 Å². The maximum Gasteiger partial charge on any atom is 0.315 e. The van der Waals surface area contributed by atoms with E-state index in [1.54, 1.807) is 11.3 Å². The van der Waals surface area contributed by atoms with Gasteiger partial charge in [0.2, 0.25) is 10.0 Å². The van der Waals surface area contributed by atoms with Gasteiger partial charge >= 0.3 is 6.03 Å². The second kappa shape index (κ2) is 7.08. The summed E-state index contributed by atoms with van der Waals surface area (Å²) in [6.07, 6.45) is 2.50. The van der Waals surface area contributed by atoms with Crippen LogP contribution in [-0.4, -0.2) is 44.1 Å². The third kappa shape index (κ3) is 5.24. The molecule has 1 saturated heterocycles. The van der Waals surface area contributed by atoms with Crippen LogP contribution < -0.4 is 10.6 Å². The molecule has 0 unspecified atom stereocenters. The average Bonchev–Trinajstić information content (AvgIpc) is 2.82. The van der Waals surface area contributed by atoms with Gasteiger partial charge in [0.15, 0.2) is 0 Å². The van der Waals surface area contributed by atoms with Gasteiger partial charge < -0.3 is 10.6 Å². The molecule has 1 fully saturated rings. The normalized spacial score (nSPS) is 17.6. The number of amides is 2. The van der Waals surface area contributed by atoms with Gasteiger partial charge in [0.25, 0.3) is 0 Å². The fourth-order valence-corrected chi connectivity index (χ4v) is 4.45. The van der Waals surface area contributed by atoms with Gasteiger partial charge in [-0.3, -0.25) is 0 Å². The van der Waals surface area contributed by atoms with Gasteiger partial charge in [-0.05, 0) is 34.8 Å². The highest BCUT2D eigenvalue weighted by Crippen LogP contribution is 2.19. The van der Waals surface area contributed by atoms with Crippen LogP contribution in [0.1, 0.15) is 17.7 Å². The number of carbonyl (C=O) groups excluding carboxylic acids is 1. The van der Waals surface area contributed by atoms with E-state index in [2.05, 4.69) is 26.6 Å². The van der Waals surface area contributed by atoms with Crippen LogP contribution in [0, 0.1) is 0 Å². The number of sulfonamides is 1. The van der Waals surface area contributed by atoms with Crippen LogP contribution in [0.3, 0.4) is 0 Å². The number of hydrogen-bond acceptors (Lipinski definition) is 4. The molecule has 0 saturated carbocycles. The van der Waals surface area contributed by atoms with E-state index in [1.165, 1.54) is 10.6 Å². The van der Waals surface area contributed by atoms with Gasteiger partial charge in [-0.1, -0.05) is 0 Å². The maximum atomic E-state index is 11.8. The molecule has 1 aliphatic rings. The van der Waals surface area contributed by atoms with Crippen molar-refractivity contribution in [3.63, 3.8) is 0 Å². The third-order valence-corrected chi connectivity index (χ3v) is 6.30. The molecule has 21 heavy (non-hydrogen) atoms. The molecule has 2 N–H and O–H groups in total. The van der Waals surface area contributed by atoms with E-state index < -0.39 is 10.0 Å². The molecule has 2 rings (SSSR count). The number of urea groups is 1. The van der Waals surface area contributed by atoms with Crippen LogP contribution in [0.25, 0.3) is 0 Å². The lowest BCUT2D eigenvalue weighted by Gasteiger charge is -2.30. The Kier molecular flexibility index (Phi) is 5.64. The van der Waals surface area contributed by atoms with E-state index in [-0.39, 0.29) is 12.1 Å². The SMILES string of the molecule is CS(=O)(=O)N1CCC(NC(=O)NCc2cc(Br)cs2)CC1. The predicted octanol–water partition coefficient (Wildman–Crippen LogP) is 1.73. The van der Waals surface area contributed by atoms with E-state index in [1.807, 2.05) is 11.4 Å². The van der Waals surface area contributed by atoms with E-state index >= 15 is 0 Å². The third-order valence-electron chi connectivity index (χ3n) is 3.30. The standard InChI is InChI=1S/C12H18BrN3O3S2/c1-21(18,19)16-4-2-10(3-5-16)15-12(17)14-7-11-6-9(13)8-20-11/h6,8,10H,2-5,7H2,1H3,(H2,14,15,17).